The summed E-state index contributed by atoms with van der Waals surface area (Å²) in [5.74, 6) is 0. The van der Waals surface area contributed by atoms with Crippen LogP contribution in [0.15, 0.2) is 18.2 Å². The molecule has 1 aliphatic rings. The van der Waals surface area contributed by atoms with Gasteiger partial charge >= 0.3 is 0 Å². The maximum absolute atomic E-state index is 6.27. The van der Waals surface area contributed by atoms with Crippen molar-refractivity contribution in [3.63, 3.8) is 0 Å². The van der Waals surface area contributed by atoms with Crippen molar-refractivity contribution in [2.24, 2.45) is 5.73 Å². The summed E-state index contributed by atoms with van der Waals surface area (Å²) in [4.78, 5) is 0. The zero-order valence-electron chi connectivity index (χ0n) is 8.98. The molecule has 1 fully saturated rings. The highest BCUT2D eigenvalue weighted by atomic mass is 35.5. The fourth-order valence-corrected chi connectivity index (χ4v) is 2.55. The highest BCUT2D eigenvalue weighted by Crippen LogP contribution is 2.51. The molecule has 0 unspecified atom stereocenters. The Kier molecular flexibility index (Phi) is 2.53. The van der Waals surface area contributed by atoms with Crippen LogP contribution in [-0.2, 0) is 5.41 Å². The lowest BCUT2D eigenvalue weighted by Crippen LogP contribution is -2.43. The molecular weight excluding hydrogens is 229 g/mol. The van der Waals surface area contributed by atoms with Gasteiger partial charge in [-0.05, 0) is 24.5 Å². The highest BCUT2D eigenvalue weighted by molar-refractivity contribution is 6.42. The minimum atomic E-state index is -0.116. The predicted molar refractivity (Wildman–Crippen MR) is 65.6 cm³/mol. The van der Waals surface area contributed by atoms with Crippen LogP contribution >= 0.6 is 23.2 Å². The van der Waals surface area contributed by atoms with Crippen molar-refractivity contribution in [1.29, 1.82) is 0 Å². The third-order valence-corrected chi connectivity index (χ3v) is 4.48. The first-order chi connectivity index (χ1) is 6.88. The average molecular weight is 244 g/mol. The first-order valence-corrected chi connectivity index (χ1v) is 5.87. The molecule has 0 atom stereocenters. The standard InChI is InChI=1S/C12H15Cl2N/c1-11(2,12(15)6-7-12)8-4-3-5-9(13)10(8)14/h3-5H,6-7,15H2,1-2H3. The molecule has 0 aliphatic heterocycles. The third-order valence-electron chi connectivity index (χ3n) is 3.66. The van der Waals surface area contributed by atoms with E-state index in [0.29, 0.717) is 10.0 Å². The first kappa shape index (κ1) is 11.3. The maximum Gasteiger partial charge on any atom is 0.0630 e. The number of hydrogen-bond acceptors (Lipinski definition) is 1. The Morgan fingerprint density at radius 3 is 2.40 bits per heavy atom. The molecule has 0 radical (unpaired) electrons. The van der Waals surface area contributed by atoms with E-state index in [1.54, 1.807) is 6.07 Å². The van der Waals surface area contributed by atoms with Crippen molar-refractivity contribution in [3.8, 4) is 0 Å². The summed E-state index contributed by atoms with van der Waals surface area (Å²) in [6.45, 7) is 4.27. The molecule has 2 rings (SSSR count). The minimum Gasteiger partial charge on any atom is -0.324 e. The van der Waals surface area contributed by atoms with E-state index in [1.807, 2.05) is 12.1 Å². The number of benzene rings is 1. The summed E-state index contributed by atoms with van der Waals surface area (Å²) in [5, 5.41) is 1.24. The second kappa shape index (κ2) is 3.38. The van der Waals surface area contributed by atoms with Gasteiger partial charge in [-0.3, -0.25) is 0 Å². The van der Waals surface area contributed by atoms with Crippen LogP contribution in [0.25, 0.3) is 0 Å². The lowest BCUT2D eigenvalue weighted by atomic mass is 9.76. The van der Waals surface area contributed by atoms with E-state index in [4.69, 9.17) is 28.9 Å². The van der Waals surface area contributed by atoms with Gasteiger partial charge in [-0.15, -0.1) is 0 Å². The zero-order chi connectivity index (χ0) is 11.3. The monoisotopic (exact) mass is 243 g/mol. The van der Waals surface area contributed by atoms with E-state index in [2.05, 4.69) is 13.8 Å². The summed E-state index contributed by atoms with van der Waals surface area (Å²) in [5.41, 5.74) is 7.10. The Morgan fingerprint density at radius 2 is 1.87 bits per heavy atom. The van der Waals surface area contributed by atoms with Crippen molar-refractivity contribution in [3.05, 3.63) is 33.8 Å². The van der Waals surface area contributed by atoms with Gasteiger partial charge in [0.15, 0.2) is 0 Å². The molecule has 15 heavy (non-hydrogen) atoms. The van der Waals surface area contributed by atoms with E-state index in [1.165, 1.54) is 0 Å². The molecule has 1 aromatic carbocycles. The van der Waals surface area contributed by atoms with Gasteiger partial charge in [0.2, 0.25) is 0 Å². The molecule has 0 bridgehead atoms. The Morgan fingerprint density at radius 1 is 1.27 bits per heavy atom. The van der Waals surface area contributed by atoms with Crippen LogP contribution in [0.2, 0.25) is 10.0 Å². The summed E-state index contributed by atoms with van der Waals surface area (Å²) in [6.07, 6.45) is 2.12. The first-order valence-electron chi connectivity index (χ1n) is 5.12. The normalized spacial score (nSPS) is 19.0. The van der Waals surface area contributed by atoms with Crippen LogP contribution in [0.1, 0.15) is 32.3 Å². The summed E-state index contributed by atoms with van der Waals surface area (Å²) in [7, 11) is 0. The zero-order valence-corrected chi connectivity index (χ0v) is 10.5. The molecule has 0 amide bonds. The van der Waals surface area contributed by atoms with E-state index in [9.17, 15) is 0 Å². The lowest BCUT2D eigenvalue weighted by Gasteiger charge is -2.33. The SMILES string of the molecule is CC(C)(c1cccc(Cl)c1Cl)C1(N)CC1. The Hall–Kier alpha value is -0.240. The van der Waals surface area contributed by atoms with E-state index >= 15 is 0 Å². The van der Waals surface area contributed by atoms with Crippen molar-refractivity contribution in [2.75, 3.05) is 0 Å². The number of nitrogens with two attached hydrogens (primary N) is 1. The van der Waals surface area contributed by atoms with E-state index in [0.717, 1.165) is 18.4 Å². The number of halogens is 2. The van der Waals surface area contributed by atoms with Crippen molar-refractivity contribution < 1.29 is 0 Å². The average Bonchev–Trinajstić information content (AvgIpc) is 2.90. The molecule has 0 saturated heterocycles. The van der Waals surface area contributed by atoms with Crippen molar-refractivity contribution in [2.45, 2.75) is 37.6 Å². The highest BCUT2D eigenvalue weighted by Gasteiger charge is 2.52. The molecule has 3 heteroatoms. The van der Waals surface area contributed by atoms with Crippen LogP contribution in [0.3, 0.4) is 0 Å². The smallest absolute Gasteiger partial charge is 0.0630 e. The maximum atomic E-state index is 6.27. The molecule has 0 aromatic heterocycles. The van der Waals surface area contributed by atoms with E-state index in [-0.39, 0.29) is 11.0 Å². The van der Waals surface area contributed by atoms with E-state index < -0.39 is 0 Å². The second-order valence-corrected chi connectivity index (χ2v) is 5.67. The molecular formula is C12H15Cl2N. The Labute approximate surface area is 101 Å². The van der Waals surface area contributed by atoms with Gasteiger partial charge in [0, 0.05) is 11.0 Å². The topological polar surface area (TPSA) is 26.0 Å². The summed E-state index contributed by atoms with van der Waals surface area (Å²) in [6, 6.07) is 5.75. The molecule has 82 valence electrons. The van der Waals surface area contributed by atoms with Gasteiger partial charge in [-0.1, -0.05) is 49.2 Å². The quantitative estimate of drug-likeness (QED) is 0.842. The van der Waals surface area contributed by atoms with Crippen LogP contribution in [0, 0.1) is 0 Å². The molecule has 1 aromatic rings. The van der Waals surface area contributed by atoms with Crippen LogP contribution < -0.4 is 5.73 Å². The summed E-state index contributed by atoms with van der Waals surface area (Å²) < 4.78 is 0. The van der Waals surface area contributed by atoms with Gasteiger partial charge < -0.3 is 5.73 Å². The van der Waals surface area contributed by atoms with Crippen LogP contribution in [-0.4, -0.2) is 5.54 Å². The second-order valence-electron chi connectivity index (χ2n) is 4.88. The number of rotatable bonds is 2. The Balaban J connectivity index is 2.49. The largest absolute Gasteiger partial charge is 0.324 e. The Bertz CT molecular complexity index is 395. The fraction of sp³-hybridized carbons (Fsp3) is 0.500. The van der Waals surface area contributed by atoms with Crippen molar-refractivity contribution >= 4 is 23.2 Å². The van der Waals surface area contributed by atoms with Gasteiger partial charge in [-0.2, -0.15) is 0 Å². The molecule has 1 aliphatic carbocycles. The number of hydrogen-bond donors (Lipinski definition) is 1. The minimum absolute atomic E-state index is 0.110. The third kappa shape index (κ3) is 1.67. The van der Waals surface area contributed by atoms with Crippen molar-refractivity contribution in [1.82, 2.24) is 0 Å². The molecule has 0 spiro atoms. The van der Waals surface area contributed by atoms with Crippen LogP contribution in [0.5, 0.6) is 0 Å². The van der Waals surface area contributed by atoms with Gasteiger partial charge in [0.05, 0.1) is 10.0 Å². The molecule has 0 heterocycles. The molecule has 2 N–H and O–H groups in total. The molecule has 1 saturated carbocycles. The van der Waals surface area contributed by atoms with Gasteiger partial charge in [0.1, 0.15) is 0 Å². The van der Waals surface area contributed by atoms with Crippen LogP contribution in [0.4, 0.5) is 0 Å². The predicted octanol–water partition coefficient (Wildman–Crippen LogP) is 3.76. The fourth-order valence-electron chi connectivity index (χ4n) is 2.01. The van der Waals surface area contributed by atoms with Gasteiger partial charge in [0.25, 0.3) is 0 Å². The van der Waals surface area contributed by atoms with Gasteiger partial charge in [-0.25, -0.2) is 0 Å². The summed E-state index contributed by atoms with van der Waals surface area (Å²) >= 11 is 12.2. The molecule has 1 nitrogen and oxygen atoms in total. The lowest BCUT2D eigenvalue weighted by molar-refractivity contribution is 0.391.